The van der Waals surface area contributed by atoms with Crippen LogP contribution in [0.25, 0.3) is 0 Å². The summed E-state index contributed by atoms with van der Waals surface area (Å²) >= 11 is 0. The van der Waals surface area contributed by atoms with E-state index in [4.69, 9.17) is 0 Å². The molecule has 1 rings (SSSR count). The van der Waals surface area contributed by atoms with Crippen molar-refractivity contribution in [2.45, 2.75) is 40.5 Å². The Hall–Kier alpha value is -0.520. The molecule has 0 fully saturated rings. The lowest BCUT2D eigenvalue weighted by atomic mass is 9.89. The van der Waals surface area contributed by atoms with Gasteiger partial charge in [0.1, 0.15) is 0 Å². The van der Waals surface area contributed by atoms with Crippen molar-refractivity contribution in [1.82, 2.24) is 0 Å². The Morgan fingerprint density at radius 2 is 1.85 bits per heavy atom. The molecule has 0 N–H and O–H groups in total. The third kappa shape index (κ3) is 3.02. The molecule has 0 saturated carbocycles. The smallest absolute Gasteiger partial charge is 0.0136 e. The van der Waals surface area contributed by atoms with Crippen LogP contribution in [0.1, 0.15) is 40.5 Å². The lowest BCUT2D eigenvalue weighted by Crippen LogP contribution is -2.05. The van der Waals surface area contributed by atoms with Gasteiger partial charge in [-0.05, 0) is 30.6 Å². The summed E-state index contributed by atoms with van der Waals surface area (Å²) in [6, 6.07) is 0. The number of hydrogen-bond donors (Lipinski definition) is 0. The van der Waals surface area contributed by atoms with Crippen molar-refractivity contribution in [3.63, 3.8) is 0 Å². The minimum atomic E-state index is 0.712. The van der Waals surface area contributed by atoms with E-state index in [2.05, 4.69) is 45.9 Å². The first kappa shape index (κ1) is 10.6. The lowest BCUT2D eigenvalue weighted by Gasteiger charge is -2.16. The molecule has 0 aliphatic heterocycles. The zero-order valence-corrected chi connectivity index (χ0v) is 9.38. The van der Waals surface area contributed by atoms with E-state index >= 15 is 0 Å². The van der Waals surface area contributed by atoms with Crippen LogP contribution in [0.4, 0.5) is 0 Å². The van der Waals surface area contributed by atoms with Crippen LogP contribution in [0.3, 0.4) is 0 Å². The summed E-state index contributed by atoms with van der Waals surface area (Å²) in [6.07, 6.45) is 9.58. The van der Waals surface area contributed by atoms with Gasteiger partial charge in [-0.1, -0.05) is 51.5 Å². The fourth-order valence-electron chi connectivity index (χ4n) is 1.78. The quantitative estimate of drug-likeness (QED) is 0.556. The van der Waals surface area contributed by atoms with Crippen LogP contribution in [0.15, 0.2) is 23.8 Å². The molecule has 0 radical (unpaired) electrons. The van der Waals surface area contributed by atoms with Crippen molar-refractivity contribution in [2.24, 2.45) is 17.8 Å². The Labute approximate surface area is 82.7 Å². The first-order valence-electron chi connectivity index (χ1n) is 5.47. The van der Waals surface area contributed by atoms with E-state index in [0.29, 0.717) is 5.92 Å². The lowest BCUT2D eigenvalue weighted by molar-refractivity contribution is 0.466. The van der Waals surface area contributed by atoms with Gasteiger partial charge in [-0.25, -0.2) is 0 Å². The fraction of sp³-hybridized carbons (Fsp3) is 0.692. The second-order valence-electron chi connectivity index (χ2n) is 4.72. The second-order valence-corrected chi connectivity index (χ2v) is 4.72. The molecule has 0 nitrogen and oxygen atoms in total. The van der Waals surface area contributed by atoms with Gasteiger partial charge in [-0.3, -0.25) is 0 Å². The number of hydrogen-bond acceptors (Lipinski definition) is 0. The van der Waals surface area contributed by atoms with Crippen LogP contribution in [-0.4, -0.2) is 0 Å². The molecule has 0 aromatic carbocycles. The molecule has 0 bridgehead atoms. The van der Waals surface area contributed by atoms with E-state index in [1.165, 1.54) is 12.8 Å². The fourth-order valence-corrected chi connectivity index (χ4v) is 1.78. The molecule has 0 aromatic heterocycles. The van der Waals surface area contributed by atoms with Gasteiger partial charge in [0, 0.05) is 0 Å². The minimum Gasteiger partial charge on any atom is -0.0876 e. The highest BCUT2D eigenvalue weighted by atomic mass is 14.2. The summed E-state index contributed by atoms with van der Waals surface area (Å²) in [5.41, 5.74) is 1.62. The Morgan fingerprint density at radius 3 is 2.38 bits per heavy atom. The van der Waals surface area contributed by atoms with Crippen molar-refractivity contribution in [1.29, 1.82) is 0 Å². The van der Waals surface area contributed by atoms with Gasteiger partial charge >= 0.3 is 0 Å². The Balaban J connectivity index is 2.76. The van der Waals surface area contributed by atoms with Crippen LogP contribution in [-0.2, 0) is 0 Å². The largest absolute Gasteiger partial charge is 0.0876 e. The average molecular weight is 178 g/mol. The summed E-state index contributed by atoms with van der Waals surface area (Å²) in [5.74, 6) is 2.25. The summed E-state index contributed by atoms with van der Waals surface area (Å²) in [6.45, 7) is 9.22. The highest BCUT2D eigenvalue weighted by Crippen LogP contribution is 2.26. The first-order chi connectivity index (χ1) is 6.11. The highest BCUT2D eigenvalue weighted by Gasteiger charge is 2.13. The van der Waals surface area contributed by atoms with Crippen molar-refractivity contribution < 1.29 is 0 Å². The molecule has 1 atom stereocenters. The number of rotatable bonds is 2. The van der Waals surface area contributed by atoms with E-state index in [1.54, 1.807) is 5.57 Å². The van der Waals surface area contributed by atoms with Gasteiger partial charge in [0.25, 0.3) is 0 Å². The van der Waals surface area contributed by atoms with E-state index in [1.807, 2.05) is 0 Å². The van der Waals surface area contributed by atoms with Gasteiger partial charge in [0.15, 0.2) is 0 Å². The Bertz CT molecular complexity index is 206. The van der Waals surface area contributed by atoms with Gasteiger partial charge in [-0.2, -0.15) is 0 Å². The monoisotopic (exact) mass is 178 g/mol. The minimum absolute atomic E-state index is 0.712. The van der Waals surface area contributed by atoms with E-state index < -0.39 is 0 Å². The topological polar surface area (TPSA) is 0 Å². The Morgan fingerprint density at radius 1 is 1.15 bits per heavy atom. The van der Waals surface area contributed by atoms with Crippen molar-refractivity contribution >= 4 is 0 Å². The van der Waals surface area contributed by atoms with E-state index in [-0.39, 0.29) is 0 Å². The molecule has 13 heavy (non-hydrogen) atoms. The maximum Gasteiger partial charge on any atom is -0.0136 e. The molecule has 0 heteroatoms. The molecule has 1 aliphatic carbocycles. The first-order valence-corrected chi connectivity index (χ1v) is 5.47. The molecule has 0 aromatic rings. The normalized spacial score (nSPS) is 23.5. The van der Waals surface area contributed by atoms with Crippen LogP contribution in [0, 0.1) is 17.8 Å². The average Bonchev–Trinajstić information content (AvgIpc) is 2.28. The molecule has 0 saturated heterocycles. The van der Waals surface area contributed by atoms with Gasteiger partial charge in [0.05, 0.1) is 0 Å². The molecule has 1 aliphatic rings. The third-order valence-corrected chi connectivity index (χ3v) is 2.95. The molecule has 0 heterocycles. The third-order valence-electron chi connectivity index (χ3n) is 2.95. The standard InChI is InChI=1S/C13H22/c1-10(2)12-7-5-6-8-13(9-12)11(3)4/h5-6,9-12H,7-8H2,1-4H3. The highest BCUT2D eigenvalue weighted by molar-refractivity contribution is 5.15. The van der Waals surface area contributed by atoms with Crippen molar-refractivity contribution in [3.8, 4) is 0 Å². The molecular formula is C13H22. The van der Waals surface area contributed by atoms with E-state index in [0.717, 1.165) is 11.8 Å². The van der Waals surface area contributed by atoms with Gasteiger partial charge in [-0.15, -0.1) is 0 Å². The zero-order valence-electron chi connectivity index (χ0n) is 9.38. The maximum absolute atomic E-state index is 2.51. The molecular weight excluding hydrogens is 156 g/mol. The van der Waals surface area contributed by atoms with E-state index in [9.17, 15) is 0 Å². The van der Waals surface area contributed by atoms with Crippen LogP contribution in [0.2, 0.25) is 0 Å². The molecule has 74 valence electrons. The van der Waals surface area contributed by atoms with Gasteiger partial charge in [0.2, 0.25) is 0 Å². The molecule has 0 amide bonds. The number of allylic oxidation sites excluding steroid dienone is 4. The SMILES string of the molecule is CC(C)C1=CC(C(C)C)CC=CC1. The molecule has 1 unspecified atom stereocenters. The zero-order chi connectivity index (χ0) is 9.84. The maximum atomic E-state index is 2.51. The van der Waals surface area contributed by atoms with Crippen LogP contribution in [0.5, 0.6) is 0 Å². The summed E-state index contributed by atoms with van der Waals surface area (Å²) in [4.78, 5) is 0. The Kier molecular flexibility index (Phi) is 3.77. The molecule has 0 spiro atoms. The van der Waals surface area contributed by atoms with Crippen molar-refractivity contribution in [3.05, 3.63) is 23.8 Å². The van der Waals surface area contributed by atoms with Crippen molar-refractivity contribution in [2.75, 3.05) is 0 Å². The second kappa shape index (κ2) is 4.64. The van der Waals surface area contributed by atoms with Gasteiger partial charge < -0.3 is 0 Å². The van der Waals surface area contributed by atoms with Crippen LogP contribution < -0.4 is 0 Å². The van der Waals surface area contributed by atoms with Crippen LogP contribution >= 0.6 is 0 Å². The predicted molar refractivity (Wildman–Crippen MR) is 59.6 cm³/mol. The summed E-state index contributed by atoms with van der Waals surface area (Å²) in [5, 5.41) is 0. The summed E-state index contributed by atoms with van der Waals surface area (Å²) < 4.78 is 0. The predicted octanol–water partition coefficient (Wildman–Crippen LogP) is 4.19. The summed E-state index contributed by atoms with van der Waals surface area (Å²) in [7, 11) is 0.